The summed E-state index contributed by atoms with van der Waals surface area (Å²) in [7, 11) is 1.96. The molecular weight excluding hydrogens is 272 g/mol. The van der Waals surface area contributed by atoms with Crippen LogP contribution in [0.3, 0.4) is 0 Å². The number of nitrogens with one attached hydrogen (secondary N) is 1. The second kappa shape index (κ2) is 5.68. The maximum Gasteiger partial charge on any atom is 0.257 e. The summed E-state index contributed by atoms with van der Waals surface area (Å²) in [6.07, 6.45) is 1.89. The average molecular weight is 292 g/mol. The highest BCUT2D eigenvalue weighted by Gasteiger charge is 2.15. The summed E-state index contributed by atoms with van der Waals surface area (Å²) in [5, 5.41) is 4.04. The van der Waals surface area contributed by atoms with E-state index in [1.54, 1.807) is 0 Å². The molecule has 2 aromatic carbocycles. The second-order valence-electron chi connectivity index (χ2n) is 5.87. The molecule has 0 bridgehead atoms. The number of benzene rings is 2. The lowest BCUT2D eigenvalue weighted by Crippen LogP contribution is -2.13. The van der Waals surface area contributed by atoms with E-state index in [0.29, 0.717) is 11.5 Å². The molecule has 1 heterocycles. The molecule has 3 aromatic rings. The Morgan fingerprint density at radius 2 is 1.73 bits per heavy atom. The van der Waals surface area contributed by atoms with Crippen LogP contribution < -0.4 is 5.32 Å². The normalized spacial score (nSPS) is 11.1. The van der Waals surface area contributed by atoms with Crippen molar-refractivity contribution in [2.45, 2.75) is 19.8 Å². The molecule has 0 aliphatic rings. The zero-order valence-electron chi connectivity index (χ0n) is 13.1. The molecule has 1 aromatic heterocycles. The largest absolute Gasteiger partial charge is 0.350 e. The van der Waals surface area contributed by atoms with E-state index < -0.39 is 0 Å². The Kier molecular flexibility index (Phi) is 3.72. The summed E-state index contributed by atoms with van der Waals surface area (Å²) in [6, 6.07) is 15.9. The van der Waals surface area contributed by atoms with E-state index in [2.05, 4.69) is 25.2 Å². The number of rotatable bonds is 3. The van der Waals surface area contributed by atoms with Crippen molar-refractivity contribution in [3.05, 3.63) is 65.9 Å². The van der Waals surface area contributed by atoms with Gasteiger partial charge in [-0.2, -0.15) is 0 Å². The van der Waals surface area contributed by atoms with Crippen molar-refractivity contribution in [2.24, 2.45) is 7.05 Å². The Morgan fingerprint density at radius 3 is 2.50 bits per heavy atom. The smallest absolute Gasteiger partial charge is 0.257 e. The first-order valence-electron chi connectivity index (χ1n) is 7.52. The molecule has 0 atom stereocenters. The Hall–Kier alpha value is -2.55. The number of hydrogen-bond acceptors (Lipinski definition) is 1. The van der Waals surface area contributed by atoms with E-state index in [9.17, 15) is 4.79 Å². The van der Waals surface area contributed by atoms with Crippen LogP contribution >= 0.6 is 0 Å². The van der Waals surface area contributed by atoms with Gasteiger partial charge in [0, 0.05) is 29.8 Å². The van der Waals surface area contributed by atoms with Crippen molar-refractivity contribution in [3.63, 3.8) is 0 Å². The zero-order valence-corrected chi connectivity index (χ0v) is 13.1. The molecule has 0 saturated heterocycles. The van der Waals surface area contributed by atoms with Crippen molar-refractivity contribution >= 4 is 22.5 Å². The van der Waals surface area contributed by atoms with Gasteiger partial charge in [0.15, 0.2) is 0 Å². The summed E-state index contributed by atoms with van der Waals surface area (Å²) in [5.74, 6) is 0.300. The number of aryl methyl sites for hydroxylation is 1. The molecule has 1 N–H and O–H groups in total. The van der Waals surface area contributed by atoms with Crippen LogP contribution in [0.15, 0.2) is 54.7 Å². The Morgan fingerprint density at radius 1 is 1.05 bits per heavy atom. The highest BCUT2D eigenvalue weighted by Crippen LogP contribution is 2.26. The molecule has 22 heavy (non-hydrogen) atoms. The summed E-state index contributed by atoms with van der Waals surface area (Å²) in [5.41, 5.74) is 3.80. The highest BCUT2D eigenvalue weighted by atomic mass is 16.1. The quantitative estimate of drug-likeness (QED) is 0.754. The molecule has 0 saturated carbocycles. The van der Waals surface area contributed by atoms with Gasteiger partial charge >= 0.3 is 0 Å². The fraction of sp³-hybridized carbons (Fsp3) is 0.211. The first-order valence-corrected chi connectivity index (χ1v) is 7.52. The topological polar surface area (TPSA) is 34.0 Å². The number of amides is 1. The summed E-state index contributed by atoms with van der Waals surface area (Å²) < 4.78 is 1.98. The molecule has 3 rings (SSSR count). The van der Waals surface area contributed by atoms with E-state index in [1.807, 2.05) is 60.3 Å². The second-order valence-corrected chi connectivity index (χ2v) is 5.87. The average Bonchev–Trinajstić information content (AvgIpc) is 2.85. The maximum absolute atomic E-state index is 12.7. The number of para-hydroxylation sites is 2. The van der Waals surface area contributed by atoms with Crippen LogP contribution in [0.2, 0.25) is 0 Å². The van der Waals surface area contributed by atoms with Crippen molar-refractivity contribution in [1.82, 2.24) is 4.57 Å². The number of nitrogens with zero attached hydrogens (tertiary/aromatic N) is 1. The third-order valence-electron chi connectivity index (χ3n) is 3.97. The molecular formula is C19H20N2O. The van der Waals surface area contributed by atoms with Crippen LogP contribution in [-0.2, 0) is 7.05 Å². The first-order chi connectivity index (χ1) is 10.6. The minimum Gasteiger partial charge on any atom is -0.350 e. The van der Waals surface area contributed by atoms with E-state index >= 15 is 0 Å². The van der Waals surface area contributed by atoms with E-state index in [0.717, 1.165) is 22.2 Å². The number of carbonyl (C=O) groups excluding carboxylic acids is 1. The number of carbonyl (C=O) groups is 1. The maximum atomic E-state index is 12.7. The van der Waals surface area contributed by atoms with Gasteiger partial charge in [-0.25, -0.2) is 0 Å². The van der Waals surface area contributed by atoms with Gasteiger partial charge in [-0.1, -0.05) is 50.2 Å². The summed E-state index contributed by atoms with van der Waals surface area (Å²) >= 11 is 0. The van der Waals surface area contributed by atoms with Crippen LogP contribution in [-0.4, -0.2) is 10.5 Å². The van der Waals surface area contributed by atoms with Gasteiger partial charge in [0.25, 0.3) is 5.91 Å². The fourth-order valence-electron chi connectivity index (χ4n) is 2.83. The third-order valence-corrected chi connectivity index (χ3v) is 3.97. The Bertz CT molecular complexity index is 830. The van der Waals surface area contributed by atoms with E-state index in [-0.39, 0.29) is 5.91 Å². The molecule has 0 fully saturated rings. The number of hydrogen-bond donors (Lipinski definition) is 1. The van der Waals surface area contributed by atoms with Crippen molar-refractivity contribution in [3.8, 4) is 0 Å². The van der Waals surface area contributed by atoms with Crippen molar-refractivity contribution < 1.29 is 4.79 Å². The van der Waals surface area contributed by atoms with Gasteiger partial charge < -0.3 is 9.88 Å². The van der Waals surface area contributed by atoms with E-state index in [1.165, 1.54) is 0 Å². The molecule has 3 heteroatoms. The lowest BCUT2D eigenvalue weighted by molar-refractivity contribution is 0.102. The monoisotopic (exact) mass is 292 g/mol. The Labute approximate surface area is 130 Å². The molecule has 0 unspecified atom stereocenters. The van der Waals surface area contributed by atoms with Crippen LogP contribution in [0.1, 0.15) is 35.7 Å². The minimum absolute atomic E-state index is 0.0649. The van der Waals surface area contributed by atoms with Gasteiger partial charge in [0.1, 0.15) is 0 Å². The van der Waals surface area contributed by atoms with Gasteiger partial charge in [0.05, 0.1) is 5.56 Å². The zero-order chi connectivity index (χ0) is 15.7. The third kappa shape index (κ3) is 2.50. The lowest BCUT2D eigenvalue weighted by Gasteiger charge is -2.13. The van der Waals surface area contributed by atoms with Crippen LogP contribution in [0.25, 0.3) is 10.9 Å². The summed E-state index contributed by atoms with van der Waals surface area (Å²) in [6.45, 7) is 4.26. The van der Waals surface area contributed by atoms with Crippen molar-refractivity contribution in [2.75, 3.05) is 5.32 Å². The highest BCUT2D eigenvalue weighted by molar-refractivity contribution is 6.13. The van der Waals surface area contributed by atoms with Gasteiger partial charge in [0.2, 0.25) is 0 Å². The summed E-state index contributed by atoms with van der Waals surface area (Å²) in [4.78, 5) is 12.7. The van der Waals surface area contributed by atoms with Gasteiger partial charge in [-0.05, 0) is 23.6 Å². The molecule has 3 nitrogen and oxygen atoms in total. The lowest BCUT2D eigenvalue weighted by atomic mass is 10.0. The molecule has 0 aliphatic heterocycles. The van der Waals surface area contributed by atoms with Crippen molar-refractivity contribution in [1.29, 1.82) is 0 Å². The standard InChI is InChI=1S/C19H20N2O/c1-13(2)14-8-4-6-10-17(14)20-19(22)16-12-21(3)18-11-7-5-9-15(16)18/h4-13H,1-3H3,(H,20,22). The predicted octanol–water partition coefficient (Wildman–Crippen LogP) is 4.55. The molecule has 112 valence electrons. The number of aromatic nitrogens is 1. The molecule has 0 radical (unpaired) electrons. The van der Waals surface area contributed by atoms with Crippen LogP contribution in [0.5, 0.6) is 0 Å². The Balaban J connectivity index is 1.98. The van der Waals surface area contributed by atoms with Gasteiger partial charge in [-0.3, -0.25) is 4.79 Å². The number of fused-ring (bicyclic) bond motifs is 1. The van der Waals surface area contributed by atoms with E-state index in [4.69, 9.17) is 0 Å². The predicted molar refractivity (Wildman–Crippen MR) is 91.4 cm³/mol. The van der Waals surface area contributed by atoms with Crippen LogP contribution in [0.4, 0.5) is 5.69 Å². The minimum atomic E-state index is -0.0649. The molecule has 0 aliphatic carbocycles. The first kappa shape index (κ1) is 14.4. The fourth-order valence-corrected chi connectivity index (χ4v) is 2.83. The molecule has 0 spiro atoms. The molecule has 1 amide bonds. The van der Waals surface area contributed by atoms with Gasteiger partial charge in [-0.15, -0.1) is 0 Å². The number of anilines is 1. The SMILES string of the molecule is CC(C)c1ccccc1NC(=O)c1cn(C)c2ccccc12. The van der Waals surface area contributed by atoms with Crippen LogP contribution in [0, 0.1) is 0 Å².